The molecule has 0 aromatic carbocycles. The second-order valence-corrected chi connectivity index (χ2v) is 4.82. The summed E-state index contributed by atoms with van der Waals surface area (Å²) in [6.45, 7) is 1.88. The Kier molecular flexibility index (Phi) is 8.18. The SMILES string of the molecule is O=C(O)COCCNC(=O)NCCC(=O)N1CCCCC1. The molecular formula is C13H23N3O5. The van der Waals surface area contributed by atoms with Crippen LogP contribution in [-0.4, -0.2) is 67.3 Å². The molecule has 0 aromatic rings. The molecular weight excluding hydrogens is 278 g/mol. The number of likely N-dealkylation sites (tertiary alicyclic amines) is 1. The minimum Gasteiger partial charge on any atom is -0.480 e. The van der Waals surface area contributed by atoms with Crippen molar-refractivity contribution >= 4 is 17.9 Å². The van der Waals surface area contributed by atoms with Crippen molar-refractivity contribution in [1.29, 1.82) is 0 Å². The lowest BCUT2D eigenvalue weighted by molar-refractivity contribution is -0.142. The van der Waals surface area contributed by atoms with Gasteiger partial charge >= 0.3 is 12.0 Å². The highest BCUT2D eigenvalue weighted by atomic mass is 16.5. The summed E-state index contributed by atoms with van der Waals surface area (Å²) in [5.74, 6) is -0.976. The molecule has 3 N–H and O–H groups in total. The number of hydrogen-bond donors (Lipinski definition) is 3. The molecule has 1 saturated heterocycles. The van der Waals surface area contributed by atoms with Gasteiger partial charge in [0.25, 0.3) is 0 Å². The number of urea groups is 1. The summed E-state index contributed by atoms with van der Waals surface area (Å²) >= 11 is 0. The van der Waals surface area contributed by atoms with Crippen molar-refractivity contribution in [2.45, 2.75) is 25.7 Å². The largest absolute Gasteiger partial charge is 0.480 e. The van der Waals surface area contributed by atoms with Crippen LogP contribution in [-0.2, 0) is 14.3 Å². The number of piperidine rings is 1. The smallest absolute Gasteiger partial charge is 0.329 e. The van der Waals surface area contributed by atoms with Gasteiger partial charge in [-0.15, -0.1) is 0 Å². The van der Waals surface area contributed by atoms with Crippen LogP contribution in [0.5, 0.6) is 0 Å². The fourth-order valence-corrected chi connectivity index (χ4v) is 2.04. The number of carboxylic acids is 1. The summed E-state index contributed by atoms with van der Waals surface area (Å²) in [5, 5.41) is 13.4. The molecule has 0 unspecified atom stereocenters. The Labute approximate surface area is 123 Å². The van der Waals surface area contributed by atoms with Crippen LogP contribution in [0.25, 0.3) is 0 Å². The zero-order valence-electron chi connectivity index (χ0n) is 12.1. The number of carboxylic acid groups (broad SMARTS) is 1. The normalized spacial score (nSPS) is 14.6. The Morgan fingerprint density at radius 2 is 1.71 bits per heavy atom. The van der Waals surface area contributed by atoms with Crippen molar-refractivity contribution in [3.05, 3.63) is 0 Å². The lowest BCUT2D eigenvalue weighted by atomic mass is 10.1. The maximum atomic E-state index is 11.8. The van der Waals surface area contributed by atoms with E-state index < -0.39 is 5.97 Å². The van der Waals surface area contributed by atoms with Crippen LogP contribution in [0.15, 0.2) is 0 Å². The van der Waals surface area contributed by atoms with Gasteiger partial charge in [-0.1, -0.05) is 0 Å². The summed E-state index contributed by atoms with van der Waals surface area (Å²) < 4.78 is 4.76. The highest BCUT2D eigenvalue weighted by Crippen LogP contribution is 2.09. The molecule has 0 saturated carbocycles. The quantitative estimate of drug-likeness (QED) is 0.538. The van der Waals surface area contributed by atoms with Gasteiger partial charge in [0.15, 0.2) is 0 Å². The van der Waals surface area contributed by atoms with Gasteiger partial charge in [-0.25, -0.2) is 9.59 Å². The van der Waals surface area contributed by atoms with Gasteiger partial charge in [0.05, 0.1) is 6.61 Å². The van der Waals surface area contributed by atoms with Gasteiger partial charge in [0.1, 0.15) is 6.61 Å². The third-order valence-electron chi connectivity index (χ3n) is 3.09. The fraction of sp³-hybridized carbons (Fsp3) is 0.769. The van der Waals surface area contributed by atoms with Crippen LogP contribution in [0.2, 0.25) is 0 Å². The van der Waals surface area contributed by atoms with E-state index in [0.29, 0.717) is 6.42 Å². The van der Waals surface area contributed by atoms with E-state index in [1.165, 1.54) is 6.42 Å². The second kappa shape index (κ2) is 9.98. The van der Waals surface area contributed by atoms with Crippen LogP contribution in [0.4, 0.5) is 4.79 Å². The van der Waals surface area contributed by atoms with Crippen molar-refractivity contribution in [3.63, 3.8) is 0 Å². The number of nitrogens with zero attached hydrogens (tertiary/aromatic N) is 1. The molecule has 1 fully saturated rings. The molecule has 0 aromatic heterocycles. The van der Waals surface area contributed by atoms with Crippen LogP contribution >= 0.6 is 0 Å². The van der Waals surface area contributed by atoms with E-state index in [0.717, 1.165) is 25.9 Å². The first-order valence-electron chi connectivity index (χ1n) is 7.18. The Balaban J connectivity index is 1.99. The standard InChI is InChI=1S/C13H23N3O5/c17-11(16-7-2-1-3-8-16)4-5-14-13(20)15-6-9-21-10-12(18)19/h1-10H2,(H,18,19)(H2,14,15,20). The Morgan fingerprint density at radius 1 is 1.05 bits per heavy atom. The molecule has 0 aliphatic carbocycles. The second-order valence-electron chi connectivity index (χ2n) is 4.82. The van der Waals surface area contributed by atoms with Gasteiger partial charge in [-0.3, -0.25) is 4.79 Å². The topological polar surface area (TPSA) is 108 Å². The molecule has 1 aliphatic heterocycles. The Hall–Kier alpha value is -1.83. The van der Waals surface area contributed by atoms with E-state index in [9.17, 15) is 14.4 Å². The number of rotatable bonds is 8. The molecule has 8 nitrogen and oxygen atoms in total. The third-order valence-corrected chi connectivity index (χ3v) is 3.09. The predicted octanol–water partition coefficient (Wildman–Crippen LogP) is -0.211. The molecule has 8 heteroatoms. The monoisotopic (exact) mass is 301 g/mol. The Morgan fingerprint density at radius 3 is 2.38 bits per heavy atom. The maximum Gasteiger partial charge on any atom is 0.329 e. The average Bonchev–Trinajstić information content (AvgIpc) is 2.47. The van der Waals surface area contributed by atoms with Crippen LogP contribution in [0.3, 0.4) is 0 Å². The van der Waals surface area contributed by atoms with Gasteiger partial charge < -0.3 is 25.4 Å². The van der Waals surface area contributed by atoms with Gasteiger partial charge in [-0.2, -0.15) is 0 Å². The average molecular weight is 301 g/mol. The van der Waals surface area contributed by atoms with E-state index in [-0.39, 0.29) is 38.2 Å². The number of amides is 3. The minimum absolute atomic E-state index is 0.0693. The first-order chi connectivity index (χ1) is 10.1. The number of carbonyl (C=O) groups is 3. The lowest BCUT2D eigenvalue weighted by Crippen LogP contribution is -2.41. The summed E-state index contributed by atoms with van der Waals surface area (Å²) in [4.78, 5) is 35.2. The van der Waals surface area contributed by atoms with Crippen LogP contribution in [0, 0.1) is 0 Å². The summed E-state index contributed by atoms with van der Waals surface area (Å²) in [6, 6.07) is -0.389. The van der Waals surface area contributed by atoms with Crippen molar-refractivity contribution in [2.24, 2.45) is 0 Å². The summed E-state index contributed by atoms with van der Waals surface area (Å²) in [6.07, 6.45) is 3.57. The minimum atomic E-state index is -1.05. The number of hydrogen-bond acceptors (Lipinski definition) is 4. The molecule has 1 heterocycles. The molecule has 0 bridgehead atoms. The lowest BCUT2D eigenvalue weighted by Gasteiger charge is -2.26. The molecule has 1 rings (SSSR count). The highest BCUT2D eigenvalue weighted by Gasteiger charge is 2.15. The van der Waals surface area contributed by atoms with Gasteiger partial charge in [0.2, 0.25) is 5.91 Å². The van der Waals surface area contributed by atoms with E-state index >= 15 is 0 Å². The number of ether oxygens (including phenoxy) is 1. The third kappa shape index (κ3) is 8.13. The highest BCUT2D eigenvalue weighted by molar-refractivity contribution is 5.78. The van der Waals surface area contributed by atoms with Crippen LogP contribution in [0.1, 0.15) is 25.7 Å². The van der Waals surface area contributed by atoms with Crippen LogP contribution < -0.4 is 10.6 Å². The zero-order valence-corrected chi connectivity index (χ0v) is 12.1. The van der Waals surface area contributed by atoms with E-state index in [2.05, 4.69) is 10.6 Å². The molecule has 3 amide bonds. The first kappa shape index (κ1) is 17.2. The van der Waals surface area contributed by atoms with Crippen molar-refractivity contribution in [1.82, 2.24) is 15.5 Å². The molecule has 0 spiro atoms. The van der Waals surface area contributed by atoms with E-state index in [1.54, 1.807) is 0 Å². The summed E-state index contributed by atoms with van der Waals surface area (Å²) in [5.41, 5.74) is 0. The molecule has 1 aliphatic rings. The van der Waals surface area contributed by atoms with Crippen molar-refractivity contribution in [2.75, 3.05) is 39.4 Å². The zero-order chi connectivity index (χ0) is 15.5. The molecule has 120 valence electrons. The van der Waals surface area contributed by atoms with E-state index in [1.807, 2.05) is 4.90 Å². The van der Waals surface area contributed by atoms with Gasteiger partial charge in [-0.05, 0) is 19.3 Å². The number of aliphatic carboxylic acids is 1. The number of nitrogens with one attached hydrogen (secondary N) is 2. The van der Waals surface area contributed by atoms with Crippen molar-refractivity contribution < 1.29 is 24.2 Å². The van der Waals surface area contributed by atoms with E-state index in [4.69, 9.17) is 9.84 Å². The predicted molar refractivity (Wildman–Crippen MR) is 74.9 cm³/mol. The maximum absolute atomic E-state index is 11.8. The first-order valence-corrected chi connectivity index (χ1v) is 7.18. The van der Waals surface area contributed by atoms with Crippen molar-refractivity contribution in [3.8, 4) is 0 Å². The molecule has 21 heavy (non-hydrogen) atoms. The molecule has 0 radical (unpaired) electrons. The summed E-state index contributed by atoms with van der Waals surface area (Å²) in [7, 11) is 0. The molecule has 0 atom stereocenters. The van der Waals surface area contributed by atoms with Gasteiger partial charge in [0, 0.05) is 32.6 Å². The number of carbonyl (C=O) groups excluding carboxylic acids is 2. The Bertz CT molecular complexity index is 356. The fourth-order valence-electron chi connectivity index (χ4n) is 2.04.